The molecular formula is C23H30N2O3. The summed E-state index contributed by atoms with van der Waals surface area (Å²) < 4.78 is 10.9. The second-order valence-corrected chi connectivity index (χ2v) is 8.13. The van der Waals surface area contributed by atoms with Gasteiger partial charge in [0.1, 0.15) is 11.5 Å². The van der Waals surface area contributed by atoms with E-state index in [4.69, 9.17) is 9.47 Å². The van der Waals surface area contributed by atoms with Gasteiger partial charge in [-0.1, -0.05) is 32.9 Å². The van der Waals surface area contributed by atoms with Crippen LogP contribution in [0.4, 0.5) is 5.69 Å². The van der Waals surface area contributed by atoms with Crippen LogP contribution in [0.1, 0.15) is 26.3 Å². The van der Waals surface area contributed by atoms with Crippen LogP contribution in [0.3, 0.4) is 0 Å². The van der Waals surface area contributed by atoms with Crippen molar-refractivity contribution in [1.29, 1.82) is 0 Å². The van der Waals surface area contributed by atoms with Crippen molar-refractivity contribution in [3.05, 3.63) is 54.1 Å². The van der Waals surface area contributed by atoms with Gasteiger partial charge in [0.05, 0.1) is 7.11 Å². The van der Waals surface area contributed by atoms with Gasteiger partial charge in [0.15, 0.2) is 6.61 Å². The van der Waals surface area contributed by atoms with E-state index in [1.165, 1.54) is 5.56 Å². The predicted molar refractivity (Wildman–Crippen MR) is 112 cm³/mol. The topological polar surface area (TPSA) is 42.0 Å². The zero-order valence-electron chi connectivity index (χ0n) is 17.3. The lowest BCUT2D eigenvalue weighted by Crippen LogP contribution is -2.50. The molecular weight excluding hydrogens is 352 g/mol. The molecule has 1 aliphatic rings. The van der Waals surface area contributed by atoms with Crippen molar-refractivity contribution in [2.24, 2.45) is 0 Å². The summed E-state index contributed by atoms with van der Waals surface area (Å²) in [6.07, 6.45) is 0. The van der Waals surface area contributed by atoms with Crippen molar-refractivity contribution in [1.82, 2.24) is 4.90 Å². The minimum Gasteiger partial charge on any atom is -0.497 e. The van der Waals surface area contributed by atoms with Gasteiger partial charge in [-0.2, -0.15) is 0 Å². The van der Waals surface area contributed by atoms with Crippen LogP contribution in [-0.4, -0.2) is 50.7 Å². The summed E-state index contributed by atoms with van der Waals surface area (Å²) >= 11 is 0. The zero-order valence-corrected chi connectivity index (χ0v) is 17.3. The molecule has 1 aliphatic heterocycles. The highest BCUT2D eigenvalue weighted by molar-refractivity contribution is 5.78. The third-order valence-electron chi connectivity index (χ3n) is 5.15. The number of anilines is 1. The van der Waals surface area contributed by atoms with Crippen molar-refractivity contribution >= 4 is 11.6 Å². The van der Waals surface area contributed by atoms with Crippen LogP contribution in [-0.2, 0) is 10.2 Å². The summed E-state index contributed by atoms with van der Waals surface area (Å²) in [6.45, 7) is 9.66. The van der Waals surface area contributed by atoms with Crippen LogP contribution < -0.4 is 14.4 Å². The van der Waals surface area contributed by atoms with E-state index >= 15 is 0 Å². The Hall–Kier alpha value is -2.69. The standard InChI is InChI=1S/C23H30N2O3/c1-23(2,3)18-5-9-21(10-6-18)28-17-22(26)25-15-13-24(14-16-25)19-7-11-20(27-4)12-8-19/h5-12H,13-17H2,1-4H3. The summed E-state index contributed by atoms with van der Waals surface area (Å²) in [4.78, 5) is 16.7. The molecule has 0 aliphatic carbocycles. The van der Waals surface area contributed by atoms with Crippen LogP contribution in [0.25, 0.3) is 0 Å². The minimum atomic E-state index is 0.0364. The Labute approximate surface area is 167 Å². The molecule has 1 amide bonds. The maximum Gasteiger partial charge on any atom is 0.260 e. The minimum absolute atomic E-state index is 0.0364. The van der Waals surface area contributed by atoms with Gasteiger partial charge >= 0.3 is 0 Å². The SMILES string of the molecule is COc1ccc(N2CCN(C(=O)COc3ccc(C(C)(C)C)cc3)CC2)cc1. The molecule has 0 N–H and O–H groups in total. The Balaban J connectivity index is 1.47. The molecule has 1 heterocycles. The van der Waals surface area contributed by atoms with E-state index in [-0.39, 0.29) is 17.9 Å². The molecule has 0 atom stereocenters. The lowest BCUT2D eigenvalue weighted by atomic mass is 9.87. The number of amides is 1. The normalized spacial score (nSPS) is 14.7. The Morgan fingerprint density at radius 1 is 0.893 bits per heavy atom. The molecule has 0 bridgehead atoms. The van der Waals surface area contributed by atoms with E-state index in [0.29, 0.717) is 13.1 Å². The highest BCUT2D eigenvalue weighted by Gasteiger charge is 2.22. The van der Waals surface area contributed by atoms with Crippen molar-refractivity contribution in [2.45, 2.75) is 26.2 Å². The third-order valence-corrected chi connectivity index (χ3v) is 5.15. The molecule has 150 valence electrons. The first-order chi connectivity index (χ1) is 13.4. The van der Waals surface area contributed by atoms with Crippen molar-refractivity contribution < 1.29 is 14.3 Å². The highest BCUT2D eigenvalue weighted by Crippen LogP contribution is 2.24. The quantitative estimate of drug-likeness (QED) is 0.790. The molecule has 1 fully saturated rings. The van der Waals surface area contributed by atoms with Gasteiger partial charge in [0.25, 0.3) is 5.91 Å². The van der Waals surface area contributed by atoms with E-state index in [2.05, 4.69) is 49.9 Å². The largest absolute Gasteiger partial charge is 0.497 e. The molecule has 2 aromatic rings. The summed E-state index contributed by atoms with van der Waals surface area (Å²) in [5.41, 5.74) is 2.52. The summed E-state index contributed by atoms with van der Waals surface area (Å²) in [7, 11) is 1.67. The second kappa shape index (κ2) is 8.55. The fraction of sp³-hybridized carbons (Fsp3) is 0.435. The fourth-order valence-corrected chi connectivity index (χ4v) is 3.29. The Morgan fingerprint density at radius 2 is 1.46 bits per heavy atom. The van der Waals surface area contributed by atoms with Crippen LogP contribution in [0.15, 0.2) is 48.5 Å². The first-order valence-electron chi connectivity index (χ1n) is 9.77. The summed E-state index contributed by atoms with van der Waals surface area (Å²) in [5.74, 6) is 1.62. The van der Waals surface area contributed by atoms with Gasteiger partial charge in [-0.05, 0) is 47.4 Å². The van der Waals surface area contributed by atoms with Crippen molar-refractivity contribution in [3.8, 4) is 11.5 Å². The van der Waals surface area contributed by atoms with Gasteiger partial charge in [0, 0.05) is 31.9 Å². The average molecular weight is 383 g/mol. The fourth-order valence-electron chi connectivity index (χ4n) is 3.29. The molecule has 5 heteroatoms. The number of ether oxygens (including phenoxy) is 2. The van der Waals surface area contributed by atoms with Crippen LogP contribution in [0, 0.1) is 0 Å². The maximum absolute atomic E-state index is 12.5. The predicted octanol–water partition coefficient (Wildman–Crippen LogP) is 3.72. The molecule has 3 rings (SSSR count). The average Bonchev–Trinajstić information content (AvgIpc) is 2.72. The van der Waals surface area contributed by atoms with Crippen LogP contribution in [0.2, 0.25) is 0 Å². The van der Waals surface area contributed by atoms with Gasteiger partial charge in [0.2, 0.25) is 0 Å². The number of benzene rings is 2. The summed E-state index contributed by atoms with van der Waals surface area (Å²) in [5, 5.41) is 0. The number of nitrogens with zero attached hydrogens (tertiary/aromatic N) is 2. The molecule has 0 saturated carbocycles. The summed E-state index contributed by atoms with van der Waals surface area (Å²) in [6, 6.07) is 16.0. The smallest absolute Gasteiger partial charge is 0.260 e. The first-order valence-corrected chi connectivity index (χ1v) is 9.77. The number of piperazine rings is 1. The van der Waals surface area contributed by atoms with E-state index in [1.54, 1.807) is 7.11 Å². The van der Waals surface area contributed by atoms with E-state index in [1.807, 2.05) is 29.2 Å². The molecule has 0 aromatic heterocycles. The Bertz CT molecular complexity index is 771. The van der Waals surface area contributed by atoms with E-state index in [0.717, 1.165) is 30.3 Å². The van der Waals surface area contributed by atoms with Gasteiger partial charge in [-0.25, -0.2) is 0 Å². The number of hydrogen-bond acceptors (Lipinski definition) is 4. The van der Waals surface area contributed by atoms with Gasteiger partial charge < -0.3 is 19.3 Å². The lowest BCUT2D eigenvalue weighted by molar-refractivity contribution is -0.133. The molecule has 0 unspecified atom stereocenters. The number of rotatable bonds is 5. The van der Waals surface area contributed by atoms with Crippen molar-refractivity contribution in [3.63, 3.8) is 0 Å². The molecule has 0 spiro atoms. The number of carbonyl (C=O) groups excluding carboxylic acids is 1. The number of hydrogen-bond donors (Lipinski definition) is 0. The molecule has 28 heavy (non-hydrogen) atoms. The molecule has 0 radical (unpaired) electrons. The number of carbonyl (C=O) groups is 1. The molecule has 2 aromatic carbocycles. The molecule has 5 nitrogen and oxygen atoms in total. The van der Waals surface area contributed by atoms with Crippen molar-refractivity contribution in [2.75, 3.05) is 44.8 Å². The number of methoxy groups -OCH3 is 1. The lowest BCUT2D eigenvalue weighted by Gasteiger charge is -2.36. The highest BCUT2D eigenvalue weighted by atomic mass is 16.5. The third kappa shape index (κ3) is 4.97. The Morgan fingerprint density at radius 3 is 2.00 bits per heavy atom. The van der Waals surface area contributed by atoms with Gasteiger partial charge in [-0.15, -0.1) is 0 Å². The van der Waals surface area contributed by atoms with Crippen LogP contribution in [0.5, 0.6) is 11.5 Å². The molecule has 1 saturated heterocycles. The maximum atomic E-state index is 12.5. The Kier molecular flexibility index (Phi) is 6.12. The zero-order chi connectivity index (χ0) is 20.1. The van der Waals surface area contributed by atoms with E-state index in [9.17, 15) is 4.79 Å². The monoisotopic (exact) mass is 382 g/mol. The second-order valence-electron chi connectivity index (χ2n) is 8.13. The van der Waals surface area contributed by atoms with E-state index < -0.39 is 0 Å². The van der Waals surface area contributed by atoms with Gasteiger partial charge in [-0.3, -0.25) is 4.79 Å². The first kappa shape index (κ1) is 20.1. The van der Waals surface area contributed by atoms with Crippen LogP contribution >= 0.6 is 0 Å².